The van der Waals surface area contributed by atoms with Gasteiger partial charge in [-0.3, -0.25) is 4.79 Å². The van der Waals surface area contributed by atoms with Crippen LogP contribution in [0.3, 0.4) is 0 Å². The number of aromatic nitrogens is 1. The van der Waals surface area contributed by atoms with E-state index < -0.39 is 0 Å². The van der Waals surface area contributed by atoms with Gasteiger partial charge in [-0.25, -0.2) is 0 Å². The van der Waals surface area contributed by atoms with Gasteiger partial charge in [0.25, 0.3) is 5.91 Å². The number of hydrogen-bond donors (Lipinski definition) is 1. The Morgan fingerprint density at radius 1 is 1.17 bits per heavy atom. The molecule has 1 N–H and O–H groups in total. The largest absolute Gasteiger partial charge is 0.360 e. The number of carbonyl (C=O) groups excluding carboxylic acids is 1. The normalized spacial score (nSPS) is 11.5. The van der Waals surface area contributed by atoms with Crippen molar-refractivity contribution in [1.82, 2.24) is 10.5 Å². The molecular formula is C24H25ClN2O2. The zero-order valence-electron chi connectivity index (χ0n) is 17.0. The van der Waals surface area contributed by atoms with Crippen LogP contribution in [0, 0.1) is 13.8 Å². The molecule has 0 atom stereocenters. The summed E-state index contributed by atoms with van der Waals surface area (Å²) in [5.74, 6) is 0.331. The number of amides is 1. The van der Waals surface area contributed by atoms with E-state index in [1.807, 2.05) is 48.5 Å². The fourth-order valence-corrected chi connectivity index (χ4v) is 3.54. The first-order chi connectivity index (χ1) is 14.0. The molecule has 2 aromatic carbocycles. The van der Waals surface area contributed by atoms with Crippen molar-refractivity contribution in [2.75, 3.05) is 6.54 Å². The van der Waals surface area contributed by atoms with Crippen LogP contribution in [0.4, 0.5) is 0 Å². The summed E-state index contributed by atoms with van der Waals surface area (Å²) < 4.78 is 5.30. The van der Waals surface area contributed by atoms with Gasteiger partial charge in [0.1, 0.15) is 17.0 Å². The van der Waals surface area contributed by atoms with Crippen molar-refractivity contribution in [1.29, 1.82) is 0 Å². The number of aryl methyl sites for hydroxylation is 2. The lowest BCUT2D eigenvalue weighted by Crippen LogP contribution is -2.25. The van der Waals surface area contributed by atoms with Gasteiger partial charge in [-0.1, -0.05) is 66.2 Å². The lowest BCUT2D eigenvalue weighted by molar-refractivity contribution is 0.0953. The Bertz CT molecular complexity index is 1020. The van der Waals surface area contributed by atoms with Crippen LogP contribution in [0.5, 0.6) is 0 Å². The Kier molecular flexibility index (Phi) is 6.89. The molecule has 3 aromatic rings. The molecule has 1 aromatic heterocycles. The summed E-state index contributed by atoms with van der Waals surface area (Å²) in [6.07, 6.45) is 3.81. The van der Waals surface area contributed by atoms with Crippen molar-refractivity contribution in [2.45, 2.75) is 33.6 Å². The minimum Gasteiger partial charge on any atom is -0.360 e. The number of allylic oxidation sites excluding steroid dienone is 1. The average molecular weight is 409 g/mol. The minimum absolute atomic E-state index is 0.179. The van der Waals surface area contributed by atoms with Crippen molar-refractivity contribution in [2.24, 2.45) is 0 Å². The quantitative estimate of drug-likeness (QED) is 0.504. The van der Waals surface area contributed by atoms with Gasteiger partial charge >= 0.3 is 0 Å². The van der Waals surface area contributed by atoms with Gasteiger partial charge in [0.05, 0.1) is 0 Å². The molecule has 0 aliphatic rings. The monoisotopic (exact) mass is 408 g/mol. The van der Waals surface area contributed by atoms with E-state index in [4.69, 9.17) is 16.1 Å². The minimum atomic E-state index is -0.179. The van der Waals surface area contributed by atoms with Gasteiger partial charge in [0.15, 0.2) is 0 Å². The number of nitrogens with one attached hydrogen (secondary N) is 1. The van der Waals surface area contributed by atoms with E-state index in [-0.39, 0.29) is 5.91 Å². The van der Waals surface area contributed by atoms with Crippen LogP contribution in [0.25, 0.3) is 16.8 Å². The van der Waals surface area contributed by atoms with E-state index in [0.29, 0.717) is 35.0 Å². The smallest absolute Gasteiger partial charge is 0.257 e. The Labute approximate surface area is 176 Å². The molecule has 0 bridgehead atoms. The lowest BCUT2D eigenvalue weighted by Gasteiger charge is -2.13. The second-order valence-electron chi connectivity index (χ2n) is 6.93. The topological polar surface area (TPSA) is 55.1 Å². The molecule has 4 nitrogen and oxygen atoms in total. The summed E-state index contributed by atoms with van der Waals surface area (Å²) in [4.78, 5) is 12.9. The van der Waals surface area contributed by atoms with Crippen LogP contribution in [0.2, 0.25) is 5.02 Å². The third kappa shape index (κ3) is 4.96. The van der Waals surface area contributed by atoms with Crippen LogP contribution in [-0.4, -0.2) is 17.6 Å². The van der Waals surface area contributed by atoms with Crippen LogP contribution in [-0.2, 0) is 0 Å². The first kappa shape index (κ1) is 20.9. The molecule has 1 heterocycles. The maximum atomic E-state index is 12.9. The molecule has 0 aliphatic heterocycles. The van der Waals surface area contributed by atoms with Gasteiger partial charge < -0.3 is 9.84 Å². The highest BCUT2D eigenvalue weighted by Gasteiger charge is 2.21. The van der Waals surface area contributed by atoms with Crippen LogP contribution < -0.4 is 5.32 Å². The average Bonchev–Trinajstić information content (AvgIpc) is 3.11. The lowest BCUT2D eigenvalue weighted by atomic mass is 9.97. The van der Waals surface area contributed by atoms with Gasteiger partial charge in [-0.15, -0.1) is 0 Å². The Balaban J connectivity index is 1.73. The van der Waals surface area contributed by atoms with E-state index in [1.54, 1.807) is 6.92 Å². The first-order valence-electron chi connectivity index (χ1n) is 9.76. The van der Waals surface area contributed by atoms with E-state index in [9.17, 15) is 4.79 Å². The van der Waals surface area contributed by atoms with Crippen molar-refractivity contribution < 1.29 is 9.32 Å². The predicted molar refractivity (Wildman–Crippen MR) is 118 cm³/mol. The number of hydrogen-bond acceptors (Lipinski definition) is 3. The Morgan fingerprint density at radius 2 is 1.93 bits per heavy atom. The summed E-state index contributed by atoms with van der Waals surface area (Å²) >= 11 is 6.19. The summed E-state index contributed by atoms with van der Waals surface area (Å²) in [6, 6.07) is 15.5. The number of benzene rings is 2. The molecule has 3 rings (SSSR count). The third-order valence-corrected chi connectivity index (χ3v) is 5.05. The highest BCUT2D eigenvalue weighted by atomic mass is 35.5. The van der Waals surface area contributed by atoms with Gasteiger partial charge in [0.2, 0.25) is 0 Å². The van der Waals surface area contributed by atoms with E-state index in [0.717, 1.165) is 17.5 Å². The van der Waals surface area contributed by atoms with E-state index in [1.165, 1.54) is 11.1 Å². The molecule has 0 spiro atoms. The van der Waals surface area contributed by atoms with Crippen molar-refractivity contribution in [3.8, 4) is 11.3 Å². The van der Waals surface area contributed by atoms with Crippen molar-refractivity contribution >= 4 is 23.1 Å². The van der Waals surface area contributed by atoms with Crippen LogP contribution >= 0.6 is 11.6 Å². The maximum Gasteiger partial charge on any atom is 0.257 e. The number of rotatable bonds is 7. The fraction of sp³-hybridized carbons (Fsp3) is 0.250. The molecule has 0 fully saturated rings. The Morgan fingerprint density at radius 3 is 2.66 bits per heavy atom. The fourth-order valence-electron chi connectivity index (χ4n) is 3.36. The standard InChI is InChI=1S/C24H25ClN2O2/c1-4-8-18(21-15-20(25)12-11-16(21)2)13-14-26-24(28)22-17(3)29-27-23(22)19-9-6-5-7-10-19/h5-12,15H,4,13-14H2,1-3H3,(H,26,28)/b18-8-. The molecule has 0 radical (unpaired) electrons. The zero-order valence-corrected chi connectivity index (χ0v) is 17.7. The summed E-state index contributed by atoms with van der Waals surface area (Å²) in [6.45, 7) is 6.44. The molecule has 150 valence electrons. The van der Waals surface area contributed by atoms with Crippen molar-refractivity contribution in [3.63, 3.8) is 0 Å². The molecule has 1 amide bonds. The molecule has 0 saturated heterocycles. The highest BCUT2D eigenvalue weighted by molar-refractivity contribution is 6.30. The summed E-state index contributed by atoms with van der Waals surface area (Å²) in [5, 5.41) is 7.81. The van der Waals surface area contributed by atoms with E-state index >= 15 is 0 Å². The second kappa shape index (κ2) is 9.57. The maximum absolute atomic E-state index is 12.9. The summed E-state index contributed by atoms with van der Waals surface area (Å²) in [7, 11) is 0. The third-order valence-electron chi connectivity index (χ3n) is 4.81. The Hall–Kier alpha value is -2.85. The molecule has 5 heteroatoms. The SMILES string of the molecule is CC/C=C(/CCNC(=O)c1c(-c2ccccc2)noc1C)c1cc(Cl)ccc1C. The van der Waals surface area contributed by atoms with E-state index in [2.05, 4.69) is 30.4 Å². The van der Waals surface area contributed by atoms with Gasteiger partial charge in [-0.05, 0) is 55.5 Å². The molecule has 0 unspecified atom stereocenters. The molecular weight excluding hydrogens is 384 g/mol. The summed E-state index contributed by atoms with van der Waals surface area (Å²) in [5.41, 5.74) is 5.38. The highest BCUT2D eigenvalue weighted by Crippen LogP contribution is 2.27. The molecule has 29 heavy (non-hydrogen) atoms. The number of carbonyl (C=O) groups is 1. The molecule has 0 aliphatic carbocycles. The number of halogens is 1. The predicted octanol–water partition coefficient (Wildman–Crippen LogP) is 6.23. The molecule has 0 saturated carbocycles. The van der Waals surface area contributed by atoms with Crippen LogP contribution in [0.1, 0.15) is 47.0 Å². The van der Waals surface area contributed by atoms with Crippen molar-refractivity contribution in [3.05, 3.63) is 82.1 Å². The van der Waals surface area contributed by atoms with Gasteiger partial charge in [-0.2, -0.15) is 0 Å². The first-order valence-corrected chi connectivity index (χ1v) is 10.1. The van der Waals surface area contributed by atoms with Crippen LogP contribution in [0.15, 0.2) is 59.1 Å². The van der Waals surface area contributed by atoms with Gasteiger partial charge in [0, 0.05) is 17.1 Å². The second-order valence-corrected chi connectivity index (χ2v) is 7.37. The number of nitrogens with zero attached hydrogens (tertiary/aromatic N) is 1. The zero-order chi connectivity index (χ0) is 20.8.